The minimum Gasteiger partial charge on any atom is -0.487 e. The van der Waals surface area contributed by atoms with E-state index in [2.05, 4.69) is 4.98 Å². The molecule has 14 heavy (non-hydrogen) atoms. The summed E-state index contributed by atoms with van der Waals surface area (Å²) < 4.78 is 5.12. The van der Waals surface area contributed by atoms with Crippen LogP contribution in [0.25, 0.3) is 0 Å². The molecule has 1 aromatic heterocycles. The minimum absolute atomic E-state index is 0.0861. The number of aromatic nitrogens is 1. The van der Waals surface area contributed by atoms with Gasteiger partial charge in [0.05, 0.1) is 6.20 Å². The molecule has 0 aliphatic heterocycles. The molecule has 1 N–H and O–H groups in total. The van der Waals surface area contributed by atoms with Crippen LogP contribution in [0, 0.1) is 0 Å². The van der Waals surface area contributed by atoms with Crippen LogP contribution in [0.4, 0.5) is 0 Å². The molecule has 0 saturated carbocycles. The molecule has 0 saturated heterocycles. The largest absolute Gasteiger partial charge is 0.487 e. The van der Waals surface area contributed by atoms with Crippen LogP contribution in [-0.2, 0) is 0 Å². The molecule has 0 aliphatic carbocycles. The smallest absolute Gasteiger partial charge is 0.339 e. The summed E-state index contributed by atoms with van der Waals surface area (Å²) in [6, 6.07) is 1.38. The molecule has 0 fully saturated rings. The number of rotatable bonds is 4. The molecule has 1 aromatic rings. The molecule has 0 spiro atoms. The number of carboxylic acid groups (broad SMARTS) is 1. The first-order valence-corrected chi connectivity index (χ1v) is 4.24. The summed E-state index contributed by atoms with van der Waals surface area (Å²) in [5, 5.41) is 8.77. The van der Waals surface area contributed by atoms with Gasteiger partial charge < -0.3 is 9.84 Å². The normalized spacial score (nSPS) is 10.4. The molecule has 0 aliphatic rings. The Kier molecular flexibility index (Phi) is 3.94. The first kappa shape index (κ1) is 10.5. The van der Waals surface area contributed by atoms with Crippen molar-refractivity contribution in [1.29, 1.82) is 0 Å². The fourth-order valence-corrected chi connectivity index (χ4v) is 0.919. The monoisotopic (exact) mass is 213 g/mol. The van der Waals surface area contributed by atoms with E-state index < -0.39 is 5.97 Å². The van der Waals surface area contributed by atoms with Crippen LogP contribution in [0.5, 0.6) is 5.75 Å². The zero-order chi connectivity index (χ0) is 10.4. The molecular formula is C9H8ClNO3. The molecule has 5 heteroatoms. The Morgan fingerprint density at radius 2 is 2.50 bits per heavy atom. The lowest BCUT2D eigenvalue weighted by atomic mass is 10.2. The van der Waals surface area contributed by atoms with Crippen LogP contribution in [-0.4, -0.2) is 22.7 Å². The summed E-state index contributed by atoms with van der Waals surface area (Å²) in [5.41, 5.74) is 1.39. The van der Waals surface area contributed by atoms with Gasteiger partial charge in [0.15, 0.2) is 5.75 Å². The number of hydrogen-bond acceptors (Lipinski definition) is 3. The number of carboxylic acids is 1. The number of pyridine rings is 1. The van der Waals surface area contributed by atoms with Crippen molar-refractivity contribution in [3.05, 3.63) is 35.6 Å². The quantitative estimate of drug-likeness (QED) is 0.830. The number of carbonyl (C=O) groups is 1. The third kappa shape index (κ3) is 2.74. The summed E-state index contributed by atoms with van der Waals surface area (Å²) in [6.45, 7) is 0.218. The van der Waals surface area contributed by atoms with Gasteiger partial charge >= 0.3 is 5.97 Å². The zero-order valence-corrected chi connectivity index (χ0v) is 7.94. The maximum Gasteiger partial charge on any atom is 0.339 e. The van der Waals surface area contributed by atoms with Crippen molar-refractivity contribution in [2.45, 2.75) is 0 Å². The van der Waals surface area contributed by atoms with Crippen LogP contribution in [0.2, 0.25) is 0 Å². The van der Waals surface area contributed by atoms with Crippen LogP contribution >= 0.6 is 11.6 Å². The zero-order valence-electron chi connectivity index (χ0n) is 7.18. The summed E-state index contributed by atoms with van der Waals surface area (Å²) in [7, 11) is 0. The second kappa shape index (κ2) is 5.24. The lowest BCUT2D eigenvalue weighted by Gasteiger charge is -2.04. The topological polar surface area (TPSA) is 59.4 Å². The Hall–Kier alpha value is -1.55. The Morgan fingerprint density at radius 1 is 1.71 bits per heavy atom. The van der Waals surface area contributed by atoms with E-state index >= 15 is 0 Å². The van der Waals surface area contributed by atoms with Crippen molar-refractivity contribution in [3.8, 4) is 5.75 Å². The number of ether oxygens (including phenoxy) is 1. The van der Waals surface area contributed by atoms with E-state index in [4.69, 9.17) is 21.4 Å². The maximum absolute atomic E-state index is 10.7. The predicted octanol–water partition coefficient (Wildman–Crippen LogP) is 1.91. The summed E-state index contributed by atoms with van der Waals surface area (Å²) in [4.78, 5) is 14.5. The van der Waals surface area contributed by atoms with E-state index in [1.807, 2.05) is 0 Å². The van der Waals surface area contributed by atoms with E-state index in [-0.39, 0.29) is 17.9 Å². The fourth-order valence-electron chi connectivity index (χ4n) is 0.846. The van der Waals surface area contributed by atoms with Gasteiger partial charge in [0.25, 0.3) is 0 Å². The molecular weight excluding hydrogens is 206 g/mol. The number of halogens is 1. The van der Waals surface area contributed by atoms with Gasteiger partial charge in [-0.3, -0.25) is 4.98 Å². The molecule has 1 heterocycles. The van der Waals surface area contributed by atoms with Gasteiger partial charge in [-0.15, -0.1) is 0 Å². The highest BCUT2D eigenvalue weighted by Gasteiger charge is 2.09. The highest BCUT2D eigenvalue weighted by Crippen LogP contribution is 2.15. The van der Waals surface area contributed by atoms with Crippen LogP contribution in [0.1, 0.15) is 10.4 Å². The summed E-state index contributed by atoms with van der Waals surface area (Å²) in [5.74, 6) is -0.813. The Morgan fingerprint density at radius 3 is 3.14 bits per heavy atom. The number of hydrogen-bond donors (Lipinski definition) is 1. The van der Waals surface area contributed by atoms with E-state index in [1.54, 1.807) is 6.08 Å². The van der Waals surface area contributed by atoms with Crippen molar-refractivity contribution in [3.63, 3.8) is 0 Å². The predicted molar refractivity (Wildman–Crippen MR) is 51.7 cm³/mol. The molecule has 0 unspecified atom stereocenters. The SMILES string of the molecule is O=C(O)c1ccncc1OC/C=C/Cl. The summed E-state index contributed by atoms with van der Waals surface area (Å²) >= 11 is 5.28. The van der Waals surface area contributed by atoms with Gasteiger partial charge in [0.2, 0.25) is 0 Å². The van der Waals surface area contributed by atoms with Crippen molar-refractivity contribution < 1.29 is 14.6 Å². The maximum atomic E-state index is 10.7. The Balaban J connectivity index is 2.79. The van der Waals surface area contributed by atoms with Crippen molar-refractivity contribution in [2.24, 2.45) is 0 Å². The van der Waals surface area contributed by atoms with Gasteiger partial charge in [-0.25, -0.2) is 4.79 Å². The van der Waals surface area contributed by atoms with Gasteiger partial charge in [0, 0.05) is 11.7 Å². The molecule has 4 nitrogen and oxygen atoms in total. The van der Waals surface area contributed by atoms with E-state index in [9.17, 15) is 4.79 Å². The van der Waals surface area contributed by atoms with E-state index in [0.717, 1.165) is 0 Å². The fraction of sp³-hybridized carbons (Fsp3) is 0.111. The lowest BCUT2D eigenvalue weighted by Crippen LogP contribution is -2.03. The minimum atomic E-state index is -1.04. The molecule has 0 radical (unpaired) electrons. The molecule has 0 amide bonds. The third-order valence-corrected chi connectivity index (χ3v) is 1.62. The molecule has 0 atom stereocenters. The molecule has 74 valence electrons. The van der Waals surface area contributed by atoms with Gasteiger partial charge in [-0.2, -0.15) is 0 Å². The highest BCUT2D eigenvalue weighted by molar-refractivity contribution is 6.25. The second-order valence-corrected chi connectivity index (χ2v) is 2.60. The van der Waals surface area contributed by atoms with Crippen LogP contribution in [0.3, 0.4) is 0 Å². The van der Waals surface area contributed by atoms with Gasteiger partial charge in [0.1, 0.15) is 12.2 Å². The van der Waals surface area contributed by atoms with E-state index in [1.165, 1.54) is 24.0 Å². The average molecular weight is 214 g/mol. The Labute approximate surface area is 85.8 Å². The van der Waals surface area contributed by atoms with E-state index in [0.29, 0.717) is 0 Å². The van der Waals surface area contributed by atoms with Crippen LogP contribution in [0.15, 0.2) is 30.1 Å². The van der Waals surface area contributed by atoms with Gasteiger partial charge in [-0.05, 0) is 12.1 Å². The number of aromatic carboxylic acids is 1. The summed E-state index contributed by atoms with van der Waals surface area (Å²) in [6.07, 6.45) is 4.30. The first-order valence-electron chi connectivity index (χ1n) is 3.81. The Bertz CT molecular complexity index is 352. The molecule has 1 rings (SSSR count). The van der Waals surface area contributed by atoms with Crippen LogP contribution < -0.4 is 4.74 Å². The number of nitrogens with zero attached hydrogens (tertiary/aromatic N) is 1. The molecule has 0 aromatic carbocycles. The lowest BCUT2D eigenvalue weighted by molar-refractivity contribution is 0.0692. The van der Waals surface area contributed by atoms with Crippen molar-refractivity contribution in [1.82, 2.24) is 4.98 Å². The third-order valence-electron chi connectivity index (χ3n) is 1.44. The second-order valence-electron chi connectivity index (χ2n) is 2.35. The first-order chi connectivity index (χ1) is 6.75. The van der Waals surface area contributed by atoms with Gasteiger partial charge in [-0.1, -0.05) is 11.6 Å². The highest BCUT2D eigenvalue weighted by atomic mass is 35.5. The van der Waals surface area contributed by atoms with Crippen molar-refractivity contribution >= 4 is 17.6 Å². The standard InChI is InChI=1S/C9H8ClNO3/c10-3-1-5-14-8-6-11-4-2-7(8)9(12)13/h1-4,6H,5H2,(H,12,13)/b3-1+. The molecule has 0 bridgehead atoms. The van der Waals surface area contributed by atoms with Crippen molar-refractivity contribution in [2.75, 3.05) is 6.61 Å². The average Bonchev–Trinajstić information content (AvgIpc) is 2.19.